The molecule has 408 valence electrons. The van der Waals surface area contributed by atoms with Gasteiger partial charge in [-0.05, 0) is 96.3 Å². The topological polar surface area (TPSA) is 175 Å². The molecule has 1 heterocycles. The lowest BCUT2D eigenvalue weighted by Gasteiger charge is -2.41. The zero-order valence-electron chi connectivity index (χ0n) is 44.8. The first-order chi connectivity index (χ1) is 34.7. The fourth-order valence-electron chi connectivity index (χ4n) is 8.26. The average molecular weight is 998 g/mol. The summed E-state index contributed by atoms with van der Waals surface area (Å²) in [6, 6.07) is -1.04. The number of nitrogens with one attached hydrogen (secondary N) is 1. The maximum Gasteiger partial charge on any atom is 0.306 e. The van der Waals surface area contributed by atoms with Gasteiger partial charge in [0.05, 0.1) is 25.4 Å². The highest BCUT2D eigenvalue weighted by Crippen LogP contribution is 2.26. The second kappa shape index (κ2) is 47.8. The van der Waals surface area contributed by atoms with Gasteiger partial charge in [0.1, 0.15) is 24.4 Å². The molecule has 1 aliphatic heterocycles. The molecule has 1 rings (SSSR count). The smallest absolute Gasteiger partial charge is 0.306 e. The first-order valence-electron chi connectivity index (χ1n) is 28.4. The van der Waals surface area contributed by atoms with Crippen LogP contribution in [-0.2, 0) is 23.8 Å². The number of rotatable bonds is 46. The molecule has 0 spiro atoms. The molecule has 11 nitrogen and oxygen atoms in total. The van der Waals surface area contributed by atoms with Crippen LogP contribution in [0.3, 0.4) is 0 Å². The third kappa shape index (κ3) is 36.4. The van der Waals surface area contributed by atoms with E-state index in [9.17, 15) is 35.1 Å². The van der Waals surface area contributed by atoms with Crippen molar-refractivity contribution in [2.75, 3.05) is 13.2 Å². The van der Waals surface area contributed by atoms with E-state index < -0.39 is 67.4 Å². The predicted octanol–water partition coefficient (Wildman–Crippen LogP) is 12.6. The molecule has 8 atom stereocenters. The summed E-state index contributed by atoms with van der Waals surface area (Å²) in [4.78, 5) is 26.4. The number of ether oxygens (including phenoxy) is 3. The molecule has 1 aliphatic rings. The van der Waals surface area contributed by atoms with Gasteiger partial charge >= 0.3 is 5.97 Å². The first-order valence-corrected chi connectivity index (χ1v) is 28.4. The summed E-state index contributed by atoms with van der Waals surface area (Å²) < 4.78 is 17.5. The highest BCUT2D eigenvalue weighted by atomic mass is 16.7. The van der Waals surface area contributed by atoms with Gasteiger partial charge in [0.2, 0.25) is 5.91 Å². The van der Waals surface area contributed by atoms with Crippen LogP contribution in [0.2, 0.25) is 0 Å². The van der Waals surface area contributed by atoms with Gasteiger partial charge in [-0.2, -0.15) is 0 Å². The molecule has 1 amide bonds. The van der Waals surface area contributed by atoms with Gasteiger partial charge in [-0.3, -0.25) is 9.59 Å². The maximum absolute atomic E-state index is 13.3. The molecule has 0 aromatic heterocycles. The lowest BCUT2D eigenvalue weighted by Crippen LogP contribution is -2.61. The van der Waals surface area contributed by atoms with Crippen LogP contribution in [0.25, 0.3) is 0 Å². The molecular weight excluding hydrogens is 895 g/mol. The molecule has 6 N–H and O–H groups in total. The van der Waals surface area contributed by atoms with Crippen LogP contribution in [0.15, 0.2) is 85.1 Å². The molecule has 0 bridgehead atoms. The van der Waals surface area contributed by atoms with Crippen molar-refractivity contribution in [3.63, 3.8) is 0 Å². The Morgan fingerprint density at radius 3 is 1.54 bits per heavy atom. The summed E-state index contributed by atoms with van der Waals surface area (Å²) in [7, 11) is 0. The highest BCUT2D eigenvalue weighted by Gasteiger charge is 2.47. The van der Waals surface area contributed by atoms with Gasteiger partial charge in [-0.25, -0.2) is 0 Å². The van der Waals surface area contributed by atoms with E-state index in [4.69, 9.17) is 14.2 Å². The molecular formula is C60H103NO10. The van der Waals surface area contributed by atoms with Crippen LogP contribution in [0.1, 0.15) is 220 Å². The molecule has 0 saturated carbocycles. The normalized spacial score (nSPS) is 20.3. The van der Waals surface area contributed by atoms with Gasteiger partial charge in [-0.15, -0.1) is 0 Å². The number of unbranched alkanes of at least 4 members (excludes halogenated alkanes) is 20. The third-order valence-electron chi connectivity index (χ3n) is 12.8. The average Bonchev–Trinajstić information content (AvgIpc) is 3.37. The van der Waals surface area contributed by atoms with E-state index in [0.717, 1.165) is 96.3 Å². The third-order valence-corrected chi connectivity index (χ3v) is 12.8. The molecule has 71 heavy (non-hydrogen) atoms. The molecule has 0 aliphatic carbocycles. The van der Waals surface area contributed by atoms with E-state index in [1.54, 1.807) is 6.08 Å². The molecule has 1 saturated heterocycles. The summed E-state index contributed by atoms with van der Waals surface area (Å²) in [5, 5.41) is 56.7. The summed E-state index contributed by atoms with van der Waals surface area (Å²) in [6.07, 6.45) is 50.6. The Bertz CT molecular complexity index is 1470. The SMILES string of the molecule is CC/C=C\C/C=C\C/C=C\C/C=C\C/C=C\CCCCCC(=O)OC1C(OCC(NC(=O)C(O)CCCC/C=C\CCCCCCCC)C(O)/C=C/CCCCCCCCCCC)OC(CO)C(O)C1O. The zero-order valence-corrected chi connectivity index (χ0v) is 44.8. The number of hydrogen-bond donors (Lipinski definition) is 6. The van der Waals surface area contributed by atoms with Crippen LogP contribution >= 0.6 is 0 Å². The molecule has 1 fully saturated rings. The first kappa shape index (κ1) is 65.9. The van der Waals surface area contributed by atoms with Crippen molar-refractivity contribution in [1.29, 1.82) is 0 Å². The van der Waals surface area contributed by atoms with Gasteiger partial charge in [-0.1, -0.05) is 202 Å². The predicted molar refractivity (Wildman–Crippen MR) is 292 cm³/mol. The van der Waals surface area contributed by atoms with Crippen molar-refractivity contribution in [2.45, 2.75) is 269 Å². The minimum atomic E-state index is -1.63. The monoisotopic (exact) mass is 998 g/mol. The number of esters is 1. The van der Waals surface area contributed by atoms with Crippen molar-refractivity contribution < 1.29 is 49.3 Å². The molecule has 0 aromatic carbocycles. The summed E-state index contributed by atoms with van der Waals surface area (Å²) >= 11 is 0. The van der Waals surface area contributed by atoms with E-state index in [0.29, 0.717) is 12.8 Å². The number of carbonyl (C=O) groups is 2. The fraction of sp³-hybridized carbons (Fsp3) is 0.733. The van der Waals surface area contributed by atoms with E-state index in [1.165, 1.54) is 77.0 Å². The van der Waals surface area contributed by atoms with Gasteiger partial charge in [0, 0.05) is 6.42 Å². The summed E-state index contributed by atoms with van der Waals surface area (Å²) in [6.45, 7) is 5.60. The van der Waals surface area contributed by atoms with E-state index in [-0.39, 0.29) is 19.4 Å². The minimum absolute atomic E-state index is 0.0790. The second-order valence-corrected chi connectivity index (χ2v) is 19.3. The Hall–Kier alpha value is -3.16. The maximum atomic E-state index is 13.3. The van der Waals surface area contributed by atoms with Crippen LogP contribution in [0.5, 0.6) is 0 Å². The minimum Gasteiger partial charge on any atom is -0.454 e. The Morgan fingerprint density at radius 2 is 1.01 bits per heavy atom. The number of amides is 1. The lowest BCUT2D eigenvalue weighted by atomic mass is 9.99. The van der Waals surface area contributed by atoms with Crippen LogP contribution in [-0.4, -0.2) is 99.6 Å². The van der Waals surface area contributed by atoms with Crippen LogP contribution in [0, 0.1) is 0 Å². The van der Waals surface area contributed by atoms with E-state index in [1.807, 2.05) is 6.08 Å². The zero-order chi connectivity index (χ0) is 51.8. The molecule has 0 radical (unpaired) electrons. The summed E-state index contributed by atoms with van der Waals surface area (Å²) in [5.74, 6) is -1.25. The Balaban J connectivity index is 2.75. The van der Waals surface area contributed by atoms with E-state index in [2.05, 4.69) is 99.0 Å². The lowest BCUT2D eigenvalue weighted by molar-refractivity contribution is -0.305. The largest absolute Gasteiger partial charge is 0.454 e. The van der Waals surface area contributed by atoms with E-state index >= 15 is 0 Å². The Morgan fingerprint density at radius 1 is 0.563 bits per heavy atom. The van der Waals surface area contributed by atoms with Crippen molar-refractivity contribution in [3.05, 3.63) is 85.1 Å². The Labute approximate surface area is 432 Å². The van der Waals surface area contributed by atoms with Crippen LogP contribution in [0.4, 0.5) is 0 Å². The van der Waals surface area contributed by atoms with Crippen molar-refractivity contribution in [1.82, 2.24) is 5.32 Å². The quantitative estimate of drug-likeness (QED) is 0.0196. The number of carbonyl (C=O) groups excluding carboxylic acids is 2. The van der Waals surface area contributed by atoms with Crippen molar-refractivity contribution in [3.8, 4) is 0 Å². The van der Waals surface area contributed by atoms with Gasteiger partial charge in [0.15, 0.2) is 12.4 Å². The van der Waals surface area contributed by atoms with Crippen molar-refractivity contribution in [2.24, 2.45) is 0 Å². The van der Waals surface area contributed by atoms with Gasteiger partial charge in [0.25, 0.3) is 0 Å². The molecule has 11 heteroatoms. The van der Waals surface area contributed by atoms with Crippen molar-refractivity contribution >= 4 is 11.9 Å². The number of hydrogen-bond acceptors (Lipinski definition) is 10. The number of allylic oxidation sites excluding steroid dienone is 13. The number of aliphatic hydroxyl groups excluding tert-OH is 5. The second-order valence-electron chi connectivity index (χ2n) is 19.3. The highest BCUT2D eigenvalue weighted by molar-refractivity contribution is 5.80. The van der Waals surface area contributed by atoms with Crippen LogP contribution < -0.4 is 5.32 Å². The Kier molecular flexibility index (Phi) is 44.4. The number of aliphatic hydroxyl groups is 5. The van der Waals surface area contributed by atoms with Gasteiger partial charge < -0.3 is 45.1 Å². The fourth-order valence-corrected chi connectivity index (χ4v) is 8.26. The summed E-state index contributed by atoms with van der Waals surface area (Å²) in [5.41, 5.74) is 0. The molecule has 8 unspecified atom stereocenters. The standard InChI is InChI=1S/C60H103NO10/c1-4-7-10-13-16-19-22-24-25-26-27-28-29-30-33-36-39-42-45-48-55(65)71-58-57(67)56(66)54(49-62)70-60(58)69-50-51(52(63)46-43-40-37-34-31-21-18-15-12-9-6-3)61-59(68)53(64)47-44-41-38-35-32-23-20-17-14-11-8-5-2/h7,10,16,19,24-25,27-28,30,32-33,35,43,46,51-54,56-58,60,62-64,66-67H,4-6,8-9,11-15,17-18,20-23,26,29,31,34,36-42,44-45,47-50H2,1-3H3,(H,61,68)/b10-7-,19-16-,25-24-,28-27-,33-30-,35-32-,46-43+. The molecule has 0 aromatic rings.